The minimum atomic E-state index is -3.83. The second kappa shape index (κ2) is 9.43. The third-order valence-corrected chi connectivity index (χ3v) is 9.25. The number of hydrogen-bond acceptors (Lipinski definition) is 6. The van der Waals surface area contributed by atoms with Gasteiger partial charge in [0.15, 0.2) is 0 Å². The molecule has 0 aliphatic carbocycles. The summed E-state index contributed by atoms with van der Waals surface area (Å²) in [6.07, 6.45) is 5.03. The fraction of sp³-hybridized carbons (Fsp3) is 0.650. The molecule has 1 N–H and O–H groups in total. The van der Waals surface area contributed by atoms with Crippen molar-refractivity contribution in [3.8, 4) is 5.75 Å². The van der Waals surface area contributed by atoms with Crippen molar-refractivity contribution >= 4 is 26.0 Å². The van der Waals surface area contributed by atoms with E-state index in [-0.39, 0.29) is 34.8 Å². The highest BCUT2D eigenvalue weighted by Gasteiger charge is 2.34. The lowest BCUT2D eigenvalue weighted by Gasteiger charge is -2.33. The van der Waals surface area contributed by atoms with Crippen LogP contribution in [0, 0.1) is 0 Å². The first-order valence-electron chi connectivity index (χ1n) is 10.5. The largest absolute Gasteiger partial charge is 0.495 e. The lowest BCUT2D eigenvalue weighted by Crippen LogP contribution is -2.49. The molecule has 2 aliphatic heterocycles. The first kappa shape index (κ1) is 24.0. The Morgan fingerprint density at radius 3 is 2.48 bits per heavy atom. The standard InChI is InChI=1S/C20H31N3O6S2/c1-15-7-4-5-12-23(15)31(27,28)19-13-16(9-10-18(19)29-2)20(24)21-17-8-6-11-22(14-17)30(3,25)26/h9-10,13,15,17H,4-8,11-12,14H2,1-3H3,(H,21,24). The SMILES string of the molecule is COc1ccc(C(=O)NC2CCCN(S(C)(=O)=O)C2)cc1S(=O)(=O)N1CCCCC1C. The number of carbonyl (C=O) groups excluding carboxylic acids is 1. The van der Waals surface area contributed by atoms with Crippen LogP contribution in [0.3, 0.4) is 0 Å². The number of hydrogen-bond donors (Lipinski definition) is 1. The zero-order chi connectivity index (χ0) is 22.8. The fourth-order valence-electron chi connectivity index (χ4n) is 4.20. The predicted molar refractivity (Wildman–Crippen MR) is 117 cm³/mol. The summed E-state index contributed by atoms with van der Waals surface area (Å²) >= 11 is 0. The van der Waals surface area contributed by atoms with Crippen LogP contribution in [-0.2, 0) is 20.0 Å². The summed E-state index contributed by atoms with van der Waals surface area (Å²) in [4.78, 5) is 12.8. The van der Waals surface area contributed by atoms with E-state index in [9.17, 15) is 21.6 Å². The van der Waals surface area contributed by atoms with Crippen molar-refractivity contribution in [3.63, 3.8) is 0 Å². The van der Waals surface area contributed by atoms with Gasteiger partial charge in [0.25, 0.3) is 5.91 Å². The monoisotopic (exact) mass is 473 g/mol. The molecule has 1 aromatic carbocycles. The summed E-state index contributed by atoms with van der Waals surface area (Å²) in [5.41, 5.74) is 0.195. The van der Waals surface area contributed by atoms with Crippen molar-refractivity contribution in [1.82, 2.24) is 13.9 Å². The molecule has 0 spiro atoms. The number of ether oxygens (including phenoxy) is 1. The van der Waals surface area contributed by atoms with Crippen LogP contribution in [0.5, 0.6) is 5.75 Å². The zero-order valence-electron chi connectivity index (χ0n) is 18.2. The summed E-state index contributed by atoms with van der Waals surface area (Å²) < 4.78 is 58.4. The van der Waals surface area contributed by atoms with Crippen LogP contribution in [0.15, 0.2) is 23.1 Å². The van der Waals surface area contributed by atoms with E-state index in [4.69, 9.17) is 4.74 Å². The zero-order valence-corrected chi connectivity index (χ0v) is 19.8. The van der Waals surface area contributed by atoms with Gasteiger partial charge in [-0.1, -0.05) is 6.42 Å². The number of nitrogens with one attached hydrogen (secondary N) is 1. The summed E-state index contributed by atoms with van der Waals surface area (Å²) in [7, 11) is -5.76. The number of piperidine rings is 2. The van der Waals surface area contributed by atoms with Crippen molar-refractivity contribution in [2.75, 3.05) is 33.0 Å². The molecule has 0 aromatic heterocycles. The van der Waals surface area contributed by atoms with Gasteiger partial charge in [-0.05, 0) is 50.8 Å². The van der Waals surface area contributed by atoms with Gasteiger partial charge in [-0.2, -0.15) is 4.31 Å². The molecule has 2 heterocycles. The van der Waals surface area contributed by atoms with Crippen molar-refractivity contribution in [3.05, 3.63) is 23.8 Å². The Balaban J connectivity index is 1.84. The van der Waals surface area contributed by atoms with Gasteiger partial charge >= 0.3 is 0 Å². The Hall–Kier alpha value is -1.69. The molecule has 0 saturated carbocycles. The van der Waals surface area contributed by atoms with Gasteiger partial charge in [0.1, 0.15) is 10.6 Å². The number of benzene rings is 1. The average molecular weight is 474 g/mol. The highest BCUT2D eigenvalue weighted by atomic mass is 32.2. The van der Waals surface area contributed by atoms with Gasteiger partial charge in [0.05, 0.1) is 13.4 Å². The Morgan fingerprint density at radius 2 is 1.84 bits per heavy atom. The Kier molecular flexibility index (Phi) is 7.29. The van der Waals surface area contributed by atoms with E-state index in [1.807, 2.05) is 6.92 Å². The Labute approximate surface area is 184 Å². The van der Waals surface area contributed by atoms with Gasteiger partial charge in [-0.3, -0.25) is 4.79 Å². The second-order valence-corrected chi connectivity index (χ2v) is 12.1. The highest BCUT2D eigenvalue weighted by molar-refractivity contribution is 7.89. The van der Waals surface area contributed by atoms with E-state index in [0.29, 0.717) is 25.9 Å². The van der Waals surface area contributed by atoms with Crippen LogP contribution in [-0.4, -0.2) is 76.4 Å². The number of methoxy groups -OCH3 is 1. The molecule has 11 heteroatoms. The summed E-state index contributed by atoms with van der Waals surface area (Å²) in [5.74, 6) is -0.249. The van der Waals surface area contributed by atoms with Crippen LogP contribution in [0.2, 0.25) is 0 Å². The molecule has 3 rings (SSSR count). The smallest absolute Gasteiger partial charge is 0.251 e. The number of carbonyl (C=O) groups is 1. The third-order valence-electron chi connectivity index (χ3n) is 5.94. The van der Waals surface area contributed by atoms with Crippen LogP contribution in [0.25, 0.3) is 0 Å². The van der Waals surface area contributed by atoms with Gasteiger partial charge in [0.2, 0.25) is 20.0 Å². The maximum Gasteiger partial charge on any atom is 0.251 e. The number of rotatable bonds is 6. The average Bonchev–Trinajstić information content (AvgIpc) is 2.73. The molecule has 174 valence electrons. The van der Waals surface area contributed by atoms with Gasteiger partial charge in [0, 0.05) is 37.3 Å². The van der Waals surface area contributed by atoms with Gasteiger partial charge in [-0.25, -0.2) is 21.1 Å². The number of nitrogens with zero attached hydrogens (tertiary/aromatic N) is 2. The summed E-state index contributed by atoms with van der Waals surface area (Å²) in [6.45, 7) is 2.96. The number of amides is 1. The Morgan fingerprint density at radius 1 is 1.10 bits per heavy atom. The van der Waals surface area contributed by atoms with E-state index in [0.717, 1.165) is 25.5 Å². The summed E-state index contributed by atoms with van der Waals surface area (Å²) in [5, 5.41) is 2.85. The molecular formula is C20H31N3O6S2. The normalized spacial score (nSPS) is 24.0. The first-order chi connectivity index (χ1) is 14.5. The minimum Gasteiger partial charge on any atom is -0.495 e. The molecule has 2 unspecified atom stereocenters. The first-order valence-corrected chi connectivity index (χ1v) is 13.8. The molecule has 2 fully saturated rings. The van der Waals surface area contributed by atoms with Crippen molar-refractivity contribution in [2.24, 2.45) is 0 Å². The van der Waals surface area contributed by atoms with Crippen molar-refractivity contribution < 1.29 is 26.4 Å². The maximum absolute atomic E-state index is 13.3. The van der Waals surface area contributed by atoms with Crippen LogP contribution < -0.4 is 10.1 Å². The molecule has 9 nitrogen and oxygen atoms in total. The minimum absolute atomic E-state index is 0.0298. The summed E-state index contributed by atoms with van der Waals surface area (Å²) in [6, 6.07) is 3.90. The molecule has 0 bridgehead atoms. The van der Waals surface area contributed by atoms with Crippen molar-refractivity contribution in [2.45, 2.75) is 56.0 Å². The van der Waals surface area contributed by atoms with E-state index in [1.165, 1.54) is 33.9 Å². The van der Waals surface area contributed by atoms with Gasteiger partial charge in [-0.15, -0.1) is 0 Å². The van der Waals surface area contributed by atoms with Crippen LogP contribution >= 0.6 is 0 Å². The van der Waals surface area contributed by atoms with E-state index in [2.05, 4.69) is 5.32 Å². The van der Waals surface area contributed by atoms with E-state index >= 15 is 0 Å². The predicted octanol–water partition coefficient (Wildman–Crippen LogP) is 1.41. The van der Waals surface area contributed by atoms with E-state index < -0.39 is 26.0 Å². The third kappa shape index (κ3) is 5.39. The lowest BCUT2D eigenvalue weighted by molar-refractivity contribution is 0.0921. The molecule has 2 aliphatic rings. The lowest BCUT2D eigenvalue weighted by atomic mass is 10.1. The molecule has 31 heavy (non-hydrogen) atoms. The molecule has 0 radical (unpaired) electrons. The van der Waals surface area contributed by atoms with Gasteiger partial charge < -0.3 is 10.1 Å². The quantitative estimate of drug-likeness (QED) is 0.668. The van der Waals surface area contributed by atoms with Crippen LogP contribution in [0.1, 0.15) is 49.4 Å². The van der Waals surface area contributed by atoms with Crippen LogP contribution in [0.4, 0.5) is 0 Å². The Bertz CT molecular complexity index is 1030. The fourth-order valence-corrected chi connectivity index (χ4v) is 7.00. The molecule has 1 aromatic rings. The maximum atomic E-state index is 13.3. The number of sulfonamides is 2. The second-order valence-electron chi connectivity index (χ2n) is 8.26. The van der Waals surface area contributed by atoms with E-state index in [1.54, 1.807) is 0 Å². The topological polar surface area (TPSA) is 113 Å². The molecular weight excluding hydrogens is 442 g/mol. The highest BCUT2D eigenvalue weighted by Crippen LogP contribution is 2.31. The molecule has 2 saturated heterocycles. The molecule has 1 amide bonds. The molecule has 2 atom stereocenters. The van der Waals surface area contributed by atoms with Crippen molar-refractivity contribution in [1.29, 1.82) is 0 Å².